The summed E-state index contributed by atoms with van der Waals surface area (Å²) in [6.07, 6.45) is 0. The second kappa shape index (κ2) is 8.50. The highest BCUT2D eigenvalue weighted by Gasteiger charge is 2.20. The summed E-state index contributed by atoms with van der Waals surface area (Å²) in [6.45, 7) is 3.16. The van der Waals surface area contributed by atoms with Crippen molar-refractivity contribution in [1.82, 2.24) is 4.90 Å². The van der Waals surface area contributed by atoms with Gasteiger partial charge in [-0.1, -0.05) is 28.1 Å². The largest absolute Gasteiger partial charge is 0.463 e. The number of carbonyl (C=O) groups is 1. The van der Waals surface area contributed by atoms with Crippen molar-refractivity contribution in [1.29, 1.82) is 0 Å². The molecule has 2 rings (SSSR count). The van der Waals surface area contributed by atoms with Crippen molar-refractivity contribution in [2.75, 3.05) is 37.7 Å². The van der Waals surface area contributed by atoms with Crippen LogP contribution >= 0.6 is 27.7 Å². The molecule has 1 heterocycles. The number of nitrogens with zero attached hydrogens (tertiary/aromatic N) is 2. The van der Waals surface area contributed by atoms with E-state index in [1.807, 2.05) is 11.8 Å². The van der Waals surface area contributed by atoms with Crippen molar-refractivity contribution in [3.8, 4) is 0 Å². The molecular formula is C14H17BrN2O4S. The fourth-order valence-corrected chi connectivity index (χ4v) is 3.49. The van der Waals surface area contributed by atoms with Crippen LogP contribution in [0.4, 0.5) is 5.69 Å². The summed E-state index contributed by atoms with van der Waals surface area (Å²) in [6, 6.07) is 5.87. The lowest BCUT2D eigenvalue weighted by molar-refractivity contribution is -0.384. The van der Waals surface area contributed by atoms with Gasteiger partial charge in [-0.2, -0.15) is 11.8 Å². The molecular weight excluding hydrogens is 372 g/mol. The Hall–Kier alpha value is -1.12. The van der Waals surface area contributed by atoms with Gasteiger partial charge in [0.25, 0.3) is 5.69 Å². The maximum Gasteiger partial charge on any atom is 0.324 e. The summed E-state index contributed by atoms with van der Waals surface area (Å²) < 4.78 is 5.27. The second-order valence-corrected chi connectivity index (χ2v) is 6.97. The van der Waals surface area contributed by atoms with E-state index in [1.54, 1.807) is 12.1 Å². The molecule has 120 valence electrons. The van der Waals surface area contributed by atoms with Crippen LogP contribution in [0, 0.1) is 10.1 Å². The molecule has 0 spiro atoms. The Bertz CT molecular complexity index is 520. The van der Waals surface area contributed by atoms with Crippen LogP contribution in [-0.4, -0.2) is 53.5 Å². The molecule has 6 nitrogen and oxygen atoms in total. The highest BCUT2D eigenvalue weighted by molar-refractivity contribution is 9.09. The SMILES string of the molecule is O=C(OCCN1CCSCC1)C(Br)c1ccc([N+](=O)[O-])cc1. The minimum atomic E-state index is -0.606. The van der Waals surface area contributed by atoms with Crippen LogP contribution in [0.25, 0.3) is 0 Å². The van der Waals surface area contributed by atoms with Crippen LogP contribution in [0.1, 0.15) is 10.4 Å². The highest BCUT2D eigenvalue weighted by atomic mass is 79.9. The fourth-order valence-electron chi connectivity index (χ4n) is 2.07. The van der Waals surface area contributed by atoms with Gasteiger partial charge in [-0.05, 0) is 5.56 Å². The lowest BCUT2D eigenvalue weighted by atomic mass is 10.1. The van der Waals surface area contributed by atoms with E-state index in [9.17, 15) is 14.9 Å². The number of benzene rings is 1. The zero-order chi connectivity index (χ0) is 15.9. The van der Waals surface area contributed by atoms with Crippen molar-refractivity contribution >= 4 is 39.3 Å². The summed E-state index contributed by atoms with van der Waals surface area (Å²) in [7, 11) is 0. The first-order valence-electron chi connectivity index (χ1n) is 6.93. The predicted octanol–water partition coefficient (Wildman–Crippen LogP) is 2.62. The normalized spacial score (nSPS) is 17.0. The molecule has 0 amide bonds. The molecule has 0 N–H and O–H groups in total. The maximum absolute atomic E-state index is 12.0. The molecule has 1 saturated heterocycles. The Balaban J connectivity index is 1.79. The van der Waals surface area contributed by atoms with Gasteiger partial charge in [-0.15, -0.1) is 0 Å². The summed E-state index contributed by atoms with van der Waals surface area (Å²) >= 11 is 5.22. The molecule has 1 aromatic rings. The monoisotopic (exact) mass is 388 g/mol. The standard InChI is InChI=1S/C14H17BrN2O4S/c15-13(11-1-3-12(4-2-11)17(19)20)14(18)21-8-5-16-6-9-22-10-7-16/h1-4,13H,5-10H2. The number of carbonyl (C=O) groups excluding carboxylic acids is 1. The summed E-state index contributed by atoms with van der Waals surface area (Å²) in [5.74, 6) is 1.87. The third-order valence-corrected chi connectivity index (χ3v) is 5.20. The average molecular weight is 389 g/mol. The van der Waals surface area contributed by atoms with Crippen molar-refractivity contribution < 1.29 is 14.5 Å². The first-order valence-corrected chi connectivity index (χ1v) is 9.00. The van der Waals surface area contributed by atoms with Crippen LogP contribution in [0.2, 0.25) is 0 Å². The predicted molar refractivity (Wildman–Crippen MR) is 89.5 cm³/mol. The van der Waals surface area contributed by atoms with Gasteiger partial charge in [0.2, 0.25) is 0 Å². The number of hydrogen-bond donors (Lipinski definition) is 0. The Kier molecular flexibility index (Phi) is 6.66. The number of rotatable bonds is 6. The van der Waals surface area contributed by atoms with Gasteiger partial charge < -0.3 is 4.74 Å². The zero-order valence-electron chi connectivity index (χ0n) is 11.9. The highest BCUT2D eigenvalue weighted by Crippen LogP contribution is 2.26. The molecule has 0 saturated carbocycles. The van der Waals surface area contributed by atoms with Gasteiger partial charge in [0.05, 0.1) is 4.92 Å². The molecule has 0 radical (unpaired) electrons. The lowest BCUT2D eigenvalue weighted by Gasteiger charge is -2.25. The zero-order valence-corrected chi connectivity index (χ0v) is 14.3. The number of alkyl halides is 1. The quantitative estimate of drug-likeness (QED) is 0.322. The number of nitro benzene ring substituents is 1. The van der Waals surface area contributed by atoms with Crippen molar-refractivity contribution in [2.24, 2.45) is 0 Å². The average Bonchev–Trinajstić information content (AvgIpc) is 2.55. The molecule has 1 unspecified atom stereocenters. The van der Waals surface area contributed by atoms with Crippen molar-refractivity contribution in [3.05, 3.63) is 39.9 Å². The maximum atomic E-state index is 12.0. The minimum Gasteiger partial charge on any atom is -0.463 e. The smallest absolute Gasteiger partial charge is 0.324 e. The Morgan fingerprint density at radius 1 is 1.36 bits per heavy atom. The van der Waals surface area contributed by atoms with Gasteiger partial charge in [-0.25, -0.2) is 0 Å². The molecule has 1 fully saturated rings. The first-order chi connectivity index (χ1) is 10.6. The van der Waals surface area contributed by atoms with Gasteiger partial charge in [-0.3, -0.25) is 19.8 Å². The van der Waals surface area contributed by atoms with Crippen molar-refractivity contribution in [3.63, 3.8) is 0 Å². The van der Waals surface area contributed by atoms with Gasteiger partial charge >= 0.3 is 5.97 Å². The second-order valence-electron chi connectivity index (χ2n) is 4.83. The van der Waals surface area contributed by atoms with E-state index < -0.39 is 9.75 Å². The topological polar surface area (TPSA) is 72.7 Å². The molecule has 1 atom stereocenters. The van der Waals surface area contributed by atoms with E-state index in [2.05, 4.69) is 20.8 Å². The molecule has 1 aliphatic rings. The van der Waals surface area contributed by atoms with E-state index in [1.165, 1.54) is 12.1 Å². The molecule has 8 heteroatoms. The third-order valence-electron chi connectivity index (χ3n) is 3.36. The molecule has 0 aliphatic carbocycles. The molecule has 22 heavy (non-hydrogen) atoms. The summed E-state index contributed by atoms with van der Waals surface area (Å²) in [4.78, 5) is 23.8. The number of ether oxygens (including phenoxy) is 1. The van der Waals surface area contributed by atoms with E-state index in [-0.39, 0.29) is 11.7 Å². The Labute approximate surface area is 141 Å². The van der Waals surface area contributed by atoms with E-state index in [0.717, 1.165) is 31.1 Å². The summed E-state index contributed by atoms with van der Waals surface area (Å²) in [5.41, 5.74) is 0.643. The van der Waals surface area contributed by atoms with Gasteiger partial charge in [0, 0.05) is 43.3 Å². The first kappa shape index (κ1) is 17.2. The van der Waals surface area contributed by atoms with Gasteiger partial charge in [0.1, 0.15) is 11.4 Å². The van der Waals surface area contributed by atoms with Crippen LogP contribution in [0.5, 0.6) is 0 Å². The molecule has 0 aromatic heterocycles. The number of hydrogen-bond acceptors (Lipinski definition) is 6. The van der Waals surface area contributed by atoms with Crippen LogP contribution in [0.3, 0.4) is 0 Å². The van der Waals surface area contributed by atoms with Gasteiger partial charge in [0.15, 0.2) is 0 Å². The minimum absolute atomic E-state index is 0.000198. The third kappa shape index (κ3) is 4.96. The molecule has 1 aromatic carbocycles. The summed E-state index contributed by atoms with van der Waals surface area (Å²) in [5, 5.41) is 10.6. The number of halogens is 1. The van der Waals surface area contributed by atoms with Crippen LogP contribution in [-0.2, 0) is 9.53 Å². The Morgan fingerprint density at radius 3 is 2.59 bits per heavy atom. The number of thioether (sulfide) groups is 1. The number of nitro groups is 1. The Morgan fingerprint density at radius 2 is 2.00 bits per heavy atom. The van der Waals surface area contributed by atoms with E-state index >= 15 is 0 Å². The lowest BCUT2D eigenvalue weighted by Crippen LogP contribution is -2.35. The molecule has 1 aliphatic heterocycles. The number of esters is 1. The fraction of sp³-hybridized carbons (Fsp3) is 0.500. The molecule has 0 bridgehead atoms. The van der Waals surface area contributed by atoms with Crippen LogP contribution in [0.15, 0.2) is 24.3 Å². The van der Waals surface area contributed by atoms with Crippen LogP contribution < -0.4 is 0 Å². The van der Waals surface area contributed by atoms with E-state index in [0.29, 0.717) is 12.2 Å². The van der Waals surface area contributed by atoms with Crippen molar-refractivity contribution in [2.45, 2.75) is 4.83 Å². The number of non-ortho nitro benzene ring substituents is 1. The van der Waals surface area contributed by atoms with E-state index in [4.69, 9.17) is 4.74 Å².